The molecule has 0 bridgehead atoms. The van der Waals surface area contributed by atoms with Crippen LogP contribution in [0.5, 0.6) is 0 Å². The van der Waals surface area contributed by atoms with Crippen molar-refractivity contribution in [2.75, 3.05) is 0 Å². The van der Waals surface area contributed by atoms with Crippen LogP contribution < -0.4 is 0 Å². The fraction of sp³-hybridized carbons (Fsp3) is 0.167. The van der Waals surface area contributed by atoms with Gasteiger partial charge in [0.15, 0.2) is 0 Å². The summed E-state index contributed by atoms with van der Waals surface area (Å²) in [6.45, 7) is 0. The van der Waals surface area contributed by atoms with E-state index in [1.54, 1.807) is 11.1 Å². The standard InChI is InChI=1S/C22H15.2CH3.Sn.Zr/c1-3-8-17-15(6-1)12-13-21(17)20-11-5-10-19-18-9-4-2-7-16(18)14-22(19)20;;;;/h1-14,21H;2*1H3;;. The average Bonchev–Trinajstić information content (AvgIpc) is 3.21. The Morgan fingerprint density at radius 1 is 0.692 bits per heavy atom. The molecule has 3 aromatic carbocycles. The normalized spacial score (nSPS) is 19.0. The summed E-state index contributed by atoms with van der Waals surface area (Å²) in [5.41, 5.74) is 10.5. The molecule has 26 heavy (non-hydrogen) atoms. The van der Waals surface area contributed by atoms with E-state index in [0.29, 0.717) is 9.85 Å². The Hall–Kier alpha value is -0.918. The first-order valence-corrected chi connectivity index (χ1v) is 16.4. The Bertz CT molecular complexity index is 1000. The van der Waals surface area contributed by atoms with E-state index in [9.17, 15) is 0 Å². The van der Waals surface area contributed by atoms with E-state index in [1.165, 1.54) is 27.8 Å². The predicted octanol–water partition coefficient (Wildman–Crippen LogP) is 6.25. The maximum absolute atomic E-state index is 2.55. The number of hydrogen-bond donors (Lipinski definition) is 0. The Morgan fingerprint density at radius 3 is 2.15 bits per heavy atom. The monoisotopic (exact) mass is 519 g/mol. The molecular weight excluding hydrogens is 498 g/mol. The van der Waals surface area contributed by atoms with Gasteiger partial charge in [-0.3, -0.25) is 0 Å². The van der Waals surface area contributed by atoms with Gasteiger partial charge in [-0.25, -0.2) is 0 Å². The SMILES string of the molecule is [CH3][Sn]([CH3])[CH]1c2ccccc2-c2cccc(C3C=Cc4ccccc43)c21.[Zr]. The molecule has 0 saturated heterocycles. The second-order valence-electron chi connectivity index (χ2n) is 7.37. The van der Waals surface area contributed by atoms with Crippen LogP contribution in [0.15, 0.2) is 72.8 Å². The van der Waals surface area contributed by atoms with Gasteiger partial charge < -0.3 is 0 Å². The molecule has 2 heteroatoms. The van der Waals surface area contributed by atoms with Gasteiger partial charge in [0.1, 0.15) is 0 Å². The van der Waals surface area contributed by atoms with Gasteiger partial charge in [-0.1, -0.05) is 0 Å². The second kappa shape index (κ2) is 7.25. The maximum Gasteiger partial charge on any atom is 0 e. The molecule has 0 aromatic heterocycles. The van der Waals surface area contributed by atoms with Crippen LogP contribution in [0.4, 0.5) is 0 Å². The van der Waals surface area contributed by atoms with E-state index in [4.69, 9.17) is 0 Å². The van der Waals surface area contributed by atoms with E-state index >= 15 is 0 Å². The van der Waals surface area contributed by atoms with Crippen LogP contribution in [-0.2, 0) is 26.2 Å². The van der Waals surface area contributed by atoms with Gasteiger partial charge >= 0.3 is 157 Å². The molecular formula is C24H21SnZr. The number of rotatable bonds is 2. The van der Waals surface area contributed by atoms with Crippen LogP contribution >= 0.6 is 0 Å². The molecule has 0 N–H and O–H groups in total. The topological polar surface area (TPSA) is 0 Å². The smallest absolute Gasteiger partial charge is 0 e. The Labute approximate surface area is 182 Å². The fourth-order valence-corrected chi connectivity index (χ4v) is 9.74. The molecule has 2 atom stereocenters. The van der Waals surface area contributed by atoms with E-state index in [-0.39, 0.29) is 26.2 Å². The first kappa shape index (κ1) is 18.4. The predicted molar refractivity (Wildman–Crippen MR) is 109 cm³/mol. The van der Waals surface area contributed by atoms with Crippen LogP contribution in [-0.4, -0.2) is 19.8 Å². The molecule has 0 saturated carbocycles. The van der Waals surface area contributed by atoms with Crippen LogP contribution in [0.2, 0.25) is 9.88 Å². The van der Waals surface area contributed by atoms with Crippen molar-refractivity contribution >= 4 is 25.8 Å². The van der Waals surface area contributed by atoms with Gasteiger partial charge in [0.05, 0.1) is 0 Å². The zero-order chi connectivity index (χ0) is 17.0. The quantitative estimate of drug-likeness (QED) is 0.352. The van der Waals surface area contributed by atoms with Crippen molar-refractivity contribution in [2.45, 2.75) is 19.7 Å². The third kappa shape index (κ3) is 2.74. The van der Waals surface area contributed by atoms with Gasteiger partial charge in [-0.15, -0.1) is 0 Å². The minimum absolute atomic E-state index is 0. The summed E-state index contributed by atoms with van der Waals surface area (Å²) in [6.07, 6.45) is 4.70. The van der Waals surface area contributed by atoms with Gasteiger partial charge in [0.25, 0.3) is 0 Å². The number of allylic oxidation sites excluding steroid dienone is 1. The van der Waals surface area contributed by atoms with Crippen molar-refractivity contribution in [2.24, 2.45) is 0 Å². The zero-order valence-electron chi connectivity index (χ0n) is 15.2. The maximum atomic E-state index is 2.55. The first-order chi connectivity index (χ1) is 12.3. The molecule has 0 fully saturated rings. The molecule has 1 radical (unpaired) electrons. The Kier molecular flexibility index (Phi) is 5.14. The summed E-state index contributed by atoms with van der Waals surface area (Å²) in [5, 5.41) is 0. The fourth-order valence-electron chi connectivity index (χ4n) is 4.68. The van der Waals surface area contributed by atoms with Gasteiger partial charge in [-0.05, 0) is 0 Å². The molecule has 5 rings (SSSR count). The molecule has 125 valence electrons. The molecule has 0 heterocycles. The van der Waals surface area contributed by atoms with E-state index in [2.05, 4.69) is 88.8 Å². The zero-order valence-corrected chi connectivity index (χ0v) is 20.5. The van der Waals surface area contributed by atoms with Crippen molar-refractivity contribution in [3.05, 3.63) is 101 Å². The number of hydrogen-bond acceptors (Lipinski definition) is 0. The van der Waals surface area contributed by atoms with Crippen LogP contribution in [0, 0.1) is 0 Å². The largest absolute Gasteiger partial charge is 0 e. The number of fused-ring (bicyclic) bond motifs is 4. The van der Waals surface area contributed by atoms with Gasteiger partial charge in [0, 0.05) is 26.2 Å². The molecule has 0 spiro atoms. The summed E-state index contributed by atoms with van der Waals surface area (Å²) in [4.78, 5) is 5.10. The van der Waals surface area contributed by atoms with Crippen molar-refractivity contribution in [1.82, 2.24) is 0 Å². The summed E-state index contributed by atoms with van der Waals surface area (Å²) < 4.78 is 0.686. The summed E-state index contributed by atoms with van der Waals surface area (Å²) in [7, 11) is 0. The molecule has 0 amide bonds. The summed E-state index contributed by atoms with van der Waals surface area (Å²) in [6, 6.07) is 24.9. The van der Waals surface area contributed by atoms with E-state index in [1.807, 2.05) is 0 Å². The van der Waals surface area contributed by atoms with Gasteiger partial charge in [0.2, 0.25) is 0 Å². The molecule has 2 aliphatic carbocycles. The molecule has 0 aliphatic heterocycles. The third-order valence-electron chi connectivity index (χ3n) is 5.70. The summed E-state index contributed by atoms with van der Waals surface area (Å²) in [5.74, 6) is 0.408. The first-order valence-electron chi connectivity index (χ1n) is 9.05. The third-order valence-corrected chi connectivity index (χ3v) is 10.7. The average molecular weight is 519 g/mol. The Balaban J connectivity index is 0.00000168. The van der Waals surface area contributed by atoms with Crippen molar-refractivity contribution < 1.29 is 26.2 Å². The molecule has 2 unspecified atom stereocenters. The molecule has 3 aromatic rings. The van der Waals surface area contributed by atoms with Crippen LogP contribution in [0.25, 0.3) is 17.2 Å². The summed E-state index contributed by atoms with van der Waals surface area (Å²) >= 11 is -1.49. The minimum atomic E-state index is -1.49. The van der Waals surface area contributed by atoms with Crippen LogP contribution in [0.3, 0.4) is 0 Å². The van der Waals surface area contributed by atoms with Gasteiger partial charge in [-0.2, -0.15) is 0 Å². The number of benzene rings is 3. The van der Waals surface area contributed by atoms with Crippen LogP contribution in [0.1, 0.15) is 37.7 Å². The minimum Gasteiger partial charge on any atom is 0 e. The van der Waals surface area contributed by atoms with Crippen molar-refractivity contribution in [1.29, 1.82) is 0 Å². The Morgan fingerprint density at radius 2 is 1.35 bits per heavy atom. The van der Waals surface area contributed by atoms with E-state index in [0.717, 1.165) is 0 Å². The van der Waals surface area contributed by atoms with Crippen molar-refractivity contribution in [3.63, 3.8) is 0 Å². The second-order valence-corrected chi connectivity index (χ2v) is 15.2. The van der Waals surface area contributed by atoms with E-state index < -0.39 is 19.8 Å². The molecule has 2 aliphatic rings. The molecule has 0 nitrogen and oxygen atoms in total. The van der Waals surface area contributed by atoms with Crippen molar-refractivity contribution in [3.8, 4) is 11.1 Å².